The third-order valence-corrected chi connectivity index (χ3v) is 2.61. The van der Waals surface area contributed by atoms with Crippen molar-refractivity contribution >= 4 is 0 Å². The van der Waals surface area contributed by atoms with Gasteiger partial charge in [0, 0.05) is 19.3 Å². The Morgan fingerprint density at radius 2 is 2.14 bits per heavy atom. The molecule has 76 valence electrons. The van der Waals surface area contributed by atoms with E-state index in [0.717, 1.165) is 19.5 Å². The summed E-state index contributed by atoms with van der Waals surface area (Å²) in [6.07, 6.45) is 11.8. The van der Waals surface area contributed by atoms with Crippen LogP contribution >= 0.6 is 0 Å². The van der Waals surface area contributed by atoms with Gasteiger partial charge in [-0.15, -0.1) is 0 Å². The van der Waals surface area contributed by atoms with E-state index in [1.165, 1.54) is 25.1 Å². The summed E-state index contributed by atoms with van der Waals surface area (Å²) in [6.45, 7) is 3.50. The zero-order chi connectivity index (χ0) is 9.64. The SMILES string of the molecule is C1=CCN(CCCCc2c[nH]cn2)C1. The molecule has 0 spiro atoms. The van der Waals surface area contributed by atoms with Gasteiger partial charge in [-0.3, -0.25) is 4.90 Å². The molecule has 2 rings (SSSR count). The van der Waals surface area contributed by atoms with Gasteiger partial charge in [0.25, 0.3) is 0 Å². The van der Waals surface area contributed by atoms with E-state index < -0.39 is 0 Å². The summed E-state index contributed by atoms with van der Waals surface area (Å²) >= 11 is 0. The van der Waals surface area contributed by atoms with Crippen LogP contribution in [-0.2, 0) is 6.42 Å². The zero-order valence-electron chi connectivity index (χ0n) is 8.45. The summed E-state index contributed by atoms with van der Waals surface area (Å²) in [4.78, 5) is 9.65. The number of hydrogen-bond acceptors (Lipinski definition) is 2. The smallest absolute Gasteiger partial charge is 0.0923 e. The van der Waals surface area contributed by atoms with Crippen LogP contribution in [0.5, 0.6) is 0 Å². The Bertz CT molecular complexity index is 269. The predicted octanol–water partition coefficient (Wildman–Crippen LogP) is 1.60. The molecule has 3 heteroatoms. The van der Waals surface area contributed by atoms with E-state index in [2.05, 4.69) is 27.0 Å². The molecule has 3 nitrogen and oxygen atoms in total. The van der Waals surface area contributed by atoms with Gasteiger partial charge in [-0.25, -0.2) is 4.98 Å². The second-order valence-electron chi connectivity index (χ2n) is 3.75. The first kappa shape index (κ1) is 9.46. The second-order valence-corrected chi connectivity index (χ2v) is 3.75. The van der Waals surface area contributed by atoms with Gasteiger partial charge in [0.15, 0.2) is 0 Å². The lowest BCUT2D eigenvalue weighted by atomic mass is 10.2. The van der Waals surface area contributed by atoms with E-state index in [0.29, 0.717) is 0 Å². The minimum Gasteiger partial charge on any atom is -0.351 e. The van der Waals surface area contributed by atoms with Crippen LogP contribution in [-0.4, -0.2) is 34.5 Å². The largest absolute Gasteiger partial charge is 0.351 e. The van der Waals surface area contributed by atoms with Crippen molar-refractivity contribution in [2.75, 3.05) is 19.6 Å². The number of imidazole rings is 1. The van der Waals surface area contributed by atoms with Gasteiger partial charge in [0.1, 0.15) is 0 Å². The average Bonchev–Trinajstić information content (AvgIpc) is 2.86. The van der Waals surface area contributed by atoms with Gasteiger partial charge in [-0.2, -0.15) is 0 Å². The molecule has 1 aliphatic rings. The van der Waals surface area contributed by atoms with Crippen molar-refractivity contribution in [3.8, 4) is 0 Å². The molecule has 1 N–H and O–H groups in total. The van der Waals surface area contributed by atoms with E-state index in [1.807, 2.05) is 6.20 Å². The summed E-state index contributed by atoms with van der Waals surface area (Å²) < 4.78 is 0. The molecule has 2 heterocycles. The summed E-state index contributed by atoms with van der Waals surface area (Å²) in [7, 11) is 0. The van der Waals surface area contributed by atoms with E-state index in [1.54, 1.807) is 6.33 Å². The highest BCUT2D eigenvalue weighted by atomic mass is 15.1. The fourth-order valence-corrected chi connectivity index (χ4v) is 1.77. The minimum absolute atomic E-state index is 1.10. The molecular formula is C11H17N3. The number of aryl methyl sites for hydroxylation is 1. The Hall–Kier alpha value is -1.09. The third kappa shape index (κ3) is 2.70. The third-order valence-electron chi connectivity index (χ3n) is 2.61. The molecule has 14 heavy (non-hydrogen) atoms. The lowest BCUT2D eigenvalue weighted by Crippen LogP contribution is -2.21. The van der Waals surface area contributed by atoms with Crippen molar-refractivity contribution in [2.45, 2.75) is 19.3 Å². The number of hydrogen-bond donors (Lipinski definition) is 1. The van der Waals surface area contributed by atoms with Crippen LogP contribution in [0.25, 0.3) is 0 Å². The fourth-order valence-electron chi connectivity index (χ4n) is 1.77. The van der Waals surface area contributed by atoms with Crippen molar-refractivity contribution in [1.82, 2.24) is 14.9 Å². The molecule has 0 unspecified atom stereocenters. The fraction of sp³-hybridized carbons (Fsp3) is 0.545. The molecule has 0 amide bonds. The highest BCUT2D eigenvalue weighted by Gasteiger charge is 2.04. The number of unbranched alkanes of at least 4 members (excludes halogenated alkanes) is 1. The first-order valence-corrected chi connectivity index (χ1v) is 5.30. The standard InChI is InChI=1S/C11H17N3/c1(5-11-9-12-10-13-11)2-6-14-7-3-4-8-14/h3-4,9-10H,1-2,5-8H2,(H,12,13). The highest BCUT2D eigenvalue weighted by Crippen LogP contribution is 2.04. The first-order valence-electron chi connectivity index (χ1n) is 5.30. The maximum atomic E-state index is 4.20. The maximum Gasteiger partial charge on any atom is 0.0923 e. The summed E-state index contributed by atoms with van der Waals surface area (Å²) in [5, 5.41) is 0. The second kappa shape index (κ2) is 4.96. The van der Waals surface area contributed by atoms with Crippen LogP contribution < -0.4 is 0 Å². The number of rotatable bonds is 5. The number of nitrogens with one attached hydrogen (secondary N) is 1. The molecule has 0 bridgehead atoms. The molecule has 0 atom stereocenters. The van der Waals surface area contributed by atoms with E-state index in [9.17, 15) is 0 Å². The molecule has 1 aromatic heterocycles. The lowest BCUT2D eigenvalue weighted by Gasteiger charge is -2.13. The van der Waals surface area contributed by atoms with Crippen molar-refractivity contribution in [3.63, 3.8) is 0 Å². The van der Waals surface area contributed by atoms with Crippen LogP contribution in [0.15, 0.2) is 24.7 Å². The van der Waals surface area contributed by atoms with Crippen LogP contribution in [0.3, 0.4) is 0 Å². The molecule has 0 aromatic carbocycles. The molecule has 0 aliphatic carbocycles. The van der Waals surface area contributed by atoms with Crippen molar-refractivity contribution in [1.29, 1.82) is 0 Å². The Morgan fingerprint density at radius 3 is 2.86 bits per heavy atom. The normalized spacial score (nSPS) is 16.6. The van der Waals surface area contributed by atoms with E-state index >= 15 is 0 Å². The Kier molecular flexibility index (Phi) is 3.35. The minimum atomic E-state index is 1.10. The maximum absolute atomic E-state index is 4.20. The summed E-state index contributed by atoms with van der Waals surface area (Å²) in [5.41, 5.74) is 1.18. The van der Waals surface area contributed by atoms with Gasteiger partial charge in [-0.1, -0.05) is 12.2 Å². The molecule has 1 aromatic rings. The number of aromatic amines is 1. The molecule has 1 aliphatic heterocycles. The number of nitrogens with zero attached hydrogens (tertiary/aromatic N) is 2. The van der Waals surface area contributed by atoms with Crippen molar-refractivity contribution < 1.29 is 0 Å². The lowest BCUT2D eigenvalue weighted by molar-refractivity contribution is 0.343. The first-order chi connectivity index (χ1) is 6.95. The monoisotopic (exact) mass is 191 g/mol. The van der Waals surface area contributed by atoms with Crippen LogP contribution in [0.4, 0.5) is 0 Å². The van der Waals surface area contributed by atoms with Gasteiger partial charge in [-0.05, 0) is 25.8 Å². The van der Waals surface area contributed by atoms with Crippen molar-refractivity contribution in [2.24, 2.45) is 0 Å². The quantitative estimate of drug-likeness (QED) is 0.566. The topological polar surface area (TPSA) is 31.9 Å². The number of aromatic nitrogens is 2. The average molecular weight is 191 g/mol. The van der Waals surface area contributed by atoms with E-state index in [-0.39, 0.29) is 0 Å². The van der Waals surface area contributed by atoms with Gasteiger partial charge in [0.05, 0.1) is 12.0 Å². The number of H-pyrrole nitrogens is 1. The van der Waals surface area contributed by atoms with E-state index in [4.69, 9.17) is 0 Å². The molecule has 0 radical (unpaired) electrons. The van der Waals surface area contributed by atoms with Crippen LogP contribution in [0.2, 0.25) is 0 Å². The molecule has 0 saturated carbocycles. The molecule has 0 saturated heterocycles. The summed E-state index contributed by atoms with van der Waals surface area (Å²) in [6, 6.07) is 0. The van der Waals surface area contributed by atoms with Crippen molar-refractivity contribution in [3.05, 3.63) is 30.4 Å². The Labute approximate surface area is 84.8 Å². The van der Waals surface area contributed by atoms with Gasteiger partial charge < -0.3 is 4.98 Å². The van der Waals surface area contributed by atoms with Crippen LogP contribution in [0.1, 0.15) is 18.5 Å². The molecule has 0 fully saturated rings. The summed E-state index contributed by atoms with van der Waals surface area (Å²) in [5.74, 6) is 0. The highest BCUT2D eigenvalue weighted by molar-refractivity contribution is 4.96. The Balaban J connectivity index is 1.55. The Morgan fingerprint density at radius 1 is 1.29 bits per heavy atom. The van der Waals surface area contributed by atoms with Gasteiger partial charge >= 0.3 is 0 Å². The van der Waals surface area contributed by atoms with Gasteiger partial charge in [0.2, 0.25) is 0 Å². The van der Waals surface area contributed by atoms with Crippen LogP contribution in [0, 0.1) is 0 Å². The predicted molar refractivity (Wildman–Crippen MR) is 57.1 cm³/mol. The molecular weight excluding hydrogens is 174 g/mol. The zero-order valence-corrected chi connectivity index (χ0v) is 8.45.